The van der Waals surface area contributed by atoms with Crippen molar-refractivity contribution in [3.05, 3.63) is 71.7 Å². The molecule has 0 radical (unpaired) electrons. The summed E-state index contributed by atoms with van der Waals surface area (Å²) in [7, 11) is 0. The molecular weight excluding hydrogens is 438 g/mol. The van der Waals surface area contributed by atoms with Crippen LogP contribution in [0.1, 0.15) is 22.3 Å². The quantitative estimate of drug-likeness (QED) is 0.430. The molecule has 0 unspecified atom stereocenters. The molecule has 34 heavy (non-hydrogen) atoms. The molecule has 0 saturated carbocycles. The molecule has 0 amide bonds. The van der Waals surface area contributed by atoms with E-state index in [0.29, 0.717) is 34.9 Å². The minimum absolute atomic E-state index is 0.210. The molecule has 2 aromatic heterocycles. The van der Waals surface area contributed by atoms with Crippen molar-refractivity contribution in [1.29, 1.82) is 0 Å². The number of fused-ring (bicyclic) bond motifs is 2. The molecular formula is C25H22F2N6O. The number of hydrogen-bond acceptors (Lipinski definition) is 6. The van der Waals surface area contributed by atoms with Gasteiger partial charge in [-0.25, -0.2) is 18.4 Å². The average Bonchev–Trinajstić information content (AvgIpc) is 3.36. The predicted molar refractivity (Wildman–Crippen MR) is 125 cm³/mol. The summed E-state index contributed by atoms with van der Waals surface area (Å²) in [6.45, 7) is 4.42. The Morgan fingerprint density at radius 3 is 2.71 bits per heavy atom. The van der Waals surface area contributed by atoms with Gasteiger partial charge in [-0.15, -0.1) is 0 Å². The van der Waals surface area contributed by atoms with Gasteiger partial charge in [-0.3, -0.25) is 9.78 Å². The van der Waals surface area contributed by atoms with Crippen LogP contribution in [0.3, 0.4) is 0 Å². The molecule has 2 atom stereocenters. The second kappa shape index (κ2) is 7.86. The van der Waals surface area contributed by atoms with E-state index in [9.17, 15) is 13.6 Å². The Morgan fingerprint density at radius 1 is 1.12 bits per heavy atom. The van der Waals surface area contributed by atoms with E-state index in [-0.39, 0.29) is 6.04 Å². The molecule has 0 aliphatic carbocycles. The number of anilines is 2. The molecule has 4 aromatic rings. The number of aromatic nitrogens is 4. The van der Waals surface area contributed by atoms with E-state index in [2.05, 4.69) is 24.9 Å². The maximum atomic E-state index is 13.7. The molecule has 172 valence electrons. The van der Waals surface area contributed by atoms with Crippen LogP contribution in [0.25, 0.3) is 16.7 Å². The van der Waals surface area contributed by atoms with Gasteiger partial charge in [0.1, 0.15) is 5.82 Å². The van der Waals surface area contributed by atoms with E-state index in [0.717, 1.165) is 54.9 Å². The van der Waals surface area contributed by atoms with Crippen LogP contribution in [0.2, 0.25) is 0 Å². The first-order valence-electron chi connectivity index (χ1n) is 11.3. The van der Waals surface area contributed by atoms with E-state index in [4.69, 9.17) is 0 Å². The first kappa shape index (κ1) is 20.7. The van der Waals surface area contributed by atoms with Crippen molar-refractivity contribution in [2.24, 2.45) is 5.92 Å². The van der Waals surface area contributed by atoms with Crippen molar-refractivity contribution in [2.75, 3.05) is 29.4 Å². The zero-order valence-electron chi connectivity index (χ0n) is 18.5. The van der Waals surface area contributed by atoms with E-state index in [1.807, 2.05) is 31.3 Å². The minimum atomic E-state index is -0.934. The zero-order valence-corrected chi connectivity index (χ0v) is 18.5. The summed E-state index contributed by atoms with van der Waals surface area (Å²) in [5.74, 6) is -0.708. The highest BCUT2D eigenvalue weighted by Gasteiger charge is 2.44. The molecule has 2 saturated heterocycles. The molecule has 2 fully saturated rings. The number of piperidine rings is 1. The molecule has 9 heteroatoms. The van der Waals surface area contributed by atoms with Crippen molar-refractivity contribution in [3.63, 3.8) is 0 Å². The summed E-state index contributed by atoms with van der Waals surface area (Å²) >= 11 is 0. The van der Waals surface area contributed by atoms with Crippen LogP contribution in [-0.2, 0) is 0 Å². The van der Waals surface area contributed by atoms with Gasteiger partial charge in [0.25, 0.3) is 0 Å². The molecule has 0 N–H and O–H groups in total. The van der Waals surface area contributed by atoms with E-state index >= 15 is 0 Å². The molecule has 7 nitrogen and oxygen atoms in total. The highest BCUT2D eigenvalue weighted by Crippen LogP contribution is 2.41. The number of nitrogens with zero attached hydrogens (tertiary/aromatic N) is 6. The molecule has 0 bridgehead atoms. The third-order valence-corrected chi connectivity index (χ3v) is 7.00. The lowest BCUT2D eigenvalue weighted by atomic mass is 9.81. The number of rotatable bonds is 4. The Hall–Kier alpha value is -3.88. The van der Waals surface area contributed by atoms with Gasteiger partial charge in [0, 0.05) is 50.1 Å². The Bertz CT molecular complexity index is 1410. The average molecular weight is 460 g/mol. The van der Waals surface area contributed by atoms with Gasteiger partial charge in [-0.2, -0.15) is 5.10 Å². The van der Waals surface area contributed by atoms with Gasteiger partial charge in [-0.05, 0) is 31.0 Å². The van der Waals surface area contributed by atoms with Crippen LogP contribution in [0, 0.1) is 24.5 Å². The van der Waals surface area contributed by atoms with Crippen molar-refractivity contribution >= 4 is 28.8 Å². The number of carbonyl (C=O) groups excluding carboxylic acids is 1. The lowest BCUT2D eigenvalue weighted by molar-refractivity contribution is 0.112. The number of halogens is 2. The molecule has 0 spiro atoms. The molecule has 4 heterocycles. The van der Waals surface area contributed by atoms with Crippen LogP contribution >= 0.6 is 0 Å². The summed E-state index contributed by atoms with van der Waals surface area (Å²) in [6, 6.07) is 8.14. The topological polar surface area (TPSA) is 67.2 Å². The summed E-state index contributed by atoms with van der Waals surface area (Å²) < 4.78 is 29.0. The van der Waals surface area contributed by atoms with Crippen LogP contribution < -0.4 is 9.80 Å². The van der Waals surface area contributed by atoms with Gasteiger partial charge in [-0.1, -0.05) is 6.07 Å². The summed E-state index contributed by atoms with van der Waals surface area (Å²) in [4.78, 5) is 25.5. The number of aldehydes is 1. The Balaban J connectivity index is 1.32. The number of benzene rings is 2. The SMILES string of the molecule is Cc1ccc(-n2cccn2)c(C=O)c1N1C[C@H]2CCN(c3cnc4cc(F)c(F)cc4n3)C[C@H]21. The normalized spacial score (nSPS) is 19.7. The first-order valence-corrected chi connectivity index (χ1v) is 11.3. The van der Waals surface area contributed by atoms with Gasteiger partial charge in [0.05, 0.1) is 40.2 Å². The van der Waals surface area contributed by atoms with E-state index in [1.54, 1.807) is 17.1 Å². The number of hydrogen-bond donors (Lipinski definition) is 0. The largest absolute Gasteiger partial charge is 0.365 e. The summed E-state index contributed by atoms with van der Waals surface area (Å²) in [5.41, 5.74) is 4.01. The van der Waals surface area contributed by atoms with Crippen molar-refractivity contribution in [1.82, 2.24) is 19.7 Å². The van der Waals surface area contributed by atoms with Crippen LogP contribution in [0.5, 0.6) is 0 Å². The lowest BCUT2D eigenvalue weighted by Gasteiger charge is -2.55. The number of carbonyl (C=O) groups is 1. The van der Waals surface area contributed by atoms with Gasteiger partial charge < -0.3 is 9.80 Å². The number of aryl methyl sites for hydroxylation is 1. The maximum Gasteiger partial charge on any atom is 0.161 e. The zero-order chi connectivity index (χ0) is 23.4. The van der Waals surface area contributed by atoms with Crippen molar-refractivity contribution < 1.29 is 13.6 Å². The van der Waals surface area contributed by atoms with E-state index < -0.39 is 11.6 Å². The van der Waals surface area contributed by atoms with E-state index in [1.165, 1.54) is 0 Å². The summed E-state index contributed by atoms with van der Waals surface area (Å²) in [6.07, 6.45) is 7.03. The molecule has 6 rings (SSSR count). The fourth-order valence-electron chi connectivity index (χ4n) is 5.23. The minimum Gasteiger partial charge on any atom is -0.365 e. The highest BCUT2D eigenvalue weighted by molar-refractivity contribution is 5.91. The smallest absolute Gasteiger partial charge is 0.161 e. The van der Waals surface area contributed by atoms with Crippen molar-refractivity contribution in [2.45, 2.75) is 19.4 Å². The van der Waals surface area contributed by atoms with Crippen LogP contribution in [0.4, 0.5) is 20.3 Å². The third-order valence-electron chi connectivity index (χ3n) is 7.00. The summed E-state index contributed by atoms with van der Waals surface area (Å²) in [5, 5.41) is 4.30. The molecule has 2 aliphatic rings. The standard InChI is InChI=1S/C25H22F2N6O/c1-15-3-4-22(33-7-2-6-29-33)17(14-34)25(15)32-12-16-5-8-31(13-23(16)32)24-11-28-20-9-18(26)19(27)10-21(20)30-24/h2-4,6-7,9-11,14,16,23H,5,8,12-13H2,1H3/t16-,23-/m1/s1. The van der Waals surface area contributed by atoms with Crippen LogP contribution in [0.15, 0.2) is 48.9 Å². The highest BCUT2D eigenvalue weighted by atomic mass is 19.2. The Kier molecular flexibility index (Phi) is 4.79. The monoisotopic (exact) mass is 460 g/mol. The van der Waals surface area contributed by atoms with Crippen molar-refractivity contribution in [3.8, 4) is 5.69 Å². The predicted octanol–water partition coefficient (Wildman–Crippen LogP) is 3.93. The third kappa shape index (κ3) is 3.22. The second-order valence-corrected chi connectivity index (χ2v) is 8.93. The lowest BCUT2D eigenvalue weighted by Crippen LogP contribution is -2.65. The van der Waals surface area contributed by atoms with Gasteiger partial charge >= 0.3 is 0 Å². The Labute approximate surface area is 194 Å². The fraction of sp³-hybridized carbons (Fsp3) is 0.280. The second-order valence-electron chi connectivity index (χ2n) is 8.93. The van der Waals surface area contributed by atoms with Crippen LogP contribution in [-0.4, -0.2) is 51.7 Å². The molecule has 2 aromatic carbocycles. The molecule has 2 aliphatic heterocycles. The Morgan fingerprint density at radius 2 is 1.94 bits per heavy atom. The van der Waals surface area contributed by atoms with Gasteiger partial charge in [0.2, 0.25) is 0 Å². The maximum absolute atomic E-state index is 13.7. The fourth-order valence-corrected chi connectivity index (χ4v) is 5.23. The van der Waals surface area contributed by atoms with Gasteiger partial charge in [0.15, 0.2) is 17.9 Å². The first-order chi connectivity index (χ1) is 16.5.